The summed E-state index contributed by atoms with van der Waals surface area (Å²) < 4.78 is 57.7. The van der Waals surface area contributed by atoms with Gasteiger partial charge in [-0.1, -0.05) is 12.1 Å². The number of nitrogens with one attached hydrogen (secondary N) is 4. The first kappa shape index (κ1) is 29.8. The molecule has 1 atom stereocenters. The molecule has 4 amide bonds. The number of benzene rings is 1. The van der Waals surface area contributed by atoms with Crippen LogP contribution in [0.15, 0.2) is 24.3 Å². The first-order valence-electron chi connectivity index (χ1n) is 11.8. The Labute approximate surface area is 212 Å². The van der Waals surface area contributed by atoms with Crippen LogP contribution in [0.3, 0.4) is 0 Å². The second-order valence-corrected chi connectivity index (χ2v) is 9.80. The second-order valence-electron chi connectivity index (χ2n) is 9.80. The highest BCUT2D eigenvalue weighted by Gasteiger charge is 2.64. The van der Waals surface area contributed by atoms with Crippen LogP contribution in [0.5, 0.6) is 0 Å². The van der Waals surface area contributed by atoms with Crippen LogP contribution in [0.1, 0.15) is 52.0 Å². The van der Waals surface area contributed by atoms with Gasteiger partial charge in [0.15, 0.2) is 0 Å². The Bertz CT molecular complexity index is 973. The van der Waals surface area contributed by atoms with Gasteiger partial charge in [0.2, 0.25) is 17.7 Å². The zero-order valence-electron chi connectivity index (χ0n) is 20.9. The molecule has 0 spiro atoms. The van der Waals surface area contributed by atoms with Crippen molar-refractivity contribution in [2.75, 3.05) is 13.1 Å². The highest BCUT2D eigenvalue weighted by atomic mass is 19.4. The van der Waals surface area contributed by atoms with Gasteiger partial charge in [0.25, 0.3) is 0 Å². The van der Waals surface area contributed by atoms with Crippen molar-refractivity contribution in [1.29, 1.82) is 0 Å². The number of halogens is 4. The molecule has 9 nitrogen and oxygen atoms in total. The van der Waals surface area contributed by atoms with Crippen LogP contribution < -0.4 is 21.3 Å². The third kappa shape index (κ3) is 10.3. The summed E-state index contributed by atoms with van der Waals surface area (Å²) in [5.41, 5.74) is -2.38. The molecule has 1 aromatic rings. The van der Waals surface area contributed by atoms with Crippen molar-refractivity contribution in [3.63, 3.8) is 0 Å². The van der Waals surface area contributed by atoms with E-state index in [2.05, 4.69) is 16.0 Å². The Hall–Kier alpha value is -3.38. The van der Waals surface area contributed by atoms with Crippen molar-refractivity contribution in [2.24, 2.45) is 0 Å². The van der Waals surface area contributed by atoms with E-state index in [-0.39, 0.29) is 38.8 Å². The van der Waals surface area contributed by atoms with Gasteiger partial charge in [0, 0.05) is 19.5 Å². The number of rotatable bonds is 11. The molecule has 1 aliphatic carbocycles. The Balaban J connectivity index is 1.94. The molecule has 1 fully saturated rings. The van der Waals surface area contributed by atoms with Crippen LogP contribution in [0.2, 0.25) is 0 Å². The average Bonchev–Trinajstić information content (AvgIpc) is 3.55. The molecule has 13 heteroatoms. The molecule has 0 heterocycles. The van der Waals surface area contributed by atoms with Crippen LogP contribution in [0, 0.1) is 5.82 Å². The van der Waals surface area contributed by atoms with Gasteiger partial charge in [-0.05, 0) is 57.7 Å². The van der Waals surface area contributed by atoms with Crippen LogP contribution in [0.4, 0.5) is 22.4 Å². The monoisotopic (exact) mass is 532 g/mol. The van der Waals surface area contributed by atoms with Gasteiger partial charge in [0.1, 0.15) is 23.0 Å². The average molecular weight is 533 g/mol. The standard InChI is InChI=1S/C24H32F4N4O5/c1-22(2,3)37-21(36)30-13-12-29-20(35)17(14-19(34)32-23(10-11-23)24(26,27)28)31-18(33)9-6-15-4-7-16(25)8-5-15/h4-5,7-8,17H,6,9-14H2,1-3H3,(H,29,35)(H,30,36)(H,31,33)(H,32,34)/t17-/m0/s1. The Morgan fingerprint density at radius 3 is 2.11 bits per heavy atom. The van der Waals surface area contributed by atoms with Crippen LogP contribution in [0.25, 0.3) is 0 Å². The van der Waals surface area contributed by atoms with E-state index >= 15 is 0 Å². The Morgan fingerprint density at radius 2 is 1.57 bits per heavy atom. The highest BCUT2D eigenvalue weighted by molar-refractivity contribution is 5.92. The van der Waals surface area contributed by atoms with Gasteiger partial charge in [-0.15, -0.1) is 0 Å². The van der Waals surface area contributed by atoms with Gasteiger partial charge in [0.05, 0.1) is 6.42 Å². The topological polar surface area (TPSA) is 126 Å². The van der Waals surface area contributed by atoms with E-state index in [1.54, 1.807) is 20.8 Å². The van der Waals surface area contributed by atoms with Gasteiger partial charge in [-0.25, -0.2) is 9.18 Å². The molecule has 0 bridgehead atoms. The van der Waals surface area contributed by atoms with Crippen molar-refractivity contribution < 1.29 is 41.5 Å². The zero-order chi connectivity index (χ0) is 27.9. The Morgan fingerprint density at radius 1 is 0.973 bits per heavy atom. The minimum Gasteiger partial charge on any atom is -0.444 e. The minimum absolute atomic E-state index is 0.0325. The van der Waals surface area contributed by atoms with E-state index in [1.165, 1.54) is 24.3 Å². The number of alkyl carbamates (subject to hydrolysis) is 1. The molecule has 1 aliphatic rings. The quantitative estimate of drug-likeness (QED) is 0.257. The molecule has 1 saturated carbocycles. The third-order valence-electron chi connectivity index (χ3n) is 5.36. The fourth-order valence-electron chi connectivity index (χ4n) is 3.28. The summed E-state index contributed by atoms with van der Waals surface area (Å²) in [5.74, 6) is -2.92. The fraction of sp³-hybridized carbons (Fsp3) is 0.583. The fourth-order valence-corrected chi connectivity index (χ4v) is 3.28. The van der Waals surface area contributed by atoms with Crippen LogP contribution in [-0.2, 0) is 25.5 Å². The second kappa shape index (κ2) is 12.2. The first-order valence-corrected chi connectivity index (χ1v) is 11.8. The summed E-state index contributed by atoms with van der Waals surface area (Å²) >= 11 is 0. The number of hydrogen-bond acceptors (Lipinski definition) is 5. The van der Waals surface area contributed by atoms with Gasteiger partial charge in [-0.3, -0.25) is 14.4 Å². The van der Waals surface area contributed by atoms with E-state index in [9.17, 15) is 36.7 Å². The maximum absolute atomic E-state index is 13.2. The van der Waals surface area contributed by atoms with Crippen LogP contribution >= 0.6 is 0 Å². The van der Waals surface area contributed by atoms with Crippen molar-refractivity contribution in [1.82, 2.24) is 21.3 Å². The summed E-state index contributed by atoms with van der Waals surface area (Å²) in [6.45, 7) is 4.90. The number of hydrogen-bond donors (Lipinski definition) is 4. The summed E-state index contributed by atoms with van der Waals surface area (Å²) in [7, 11) is 0. The van der Waals surface area contributed by atoms with E-state index in [4.69, 9.17) is 4.74 Å². The number of amides is 4. The molecule has 206 valence electrons. The minimum atomic E-state index is -4.63. The number of alkyl halides is 3. The molecule has 1 aromatic carbocycles. The first-order chi connectivity index (χ1) is 17.1. The van der Waals surface area contributed by atoms with Crippen LogP contribution in [-0.4, -0.2) is 60.3 Å². The van der Waals surface area contributed by atoms with Crippen molar-refractivity contribution in [2.45, 2.75) is 76.2 Å². The molecular formula is C24H32F4N4O5. The normalized spacial score (nSPS) is 15.2. The van der Waals surface area contributed by atoms with Crippen molar-refractivity contribution in [3.8, 4) is 0 Å². The summed E-state index contributed by atoms with van der Waals surface area (Å²) in [6.07, 6.45) is -6.49. The van der Waals surface area contributed by atoms with Gasteiger partial charge < -0.3 is 26.0 Å². The van der Waals surface area contributed by atoms with Crippen molar-refractivity contribution >= 4 is 23.8 Å². The predicted octanol–water partition coefficient (Wildman–Crippen LogP) is 2.49. The SMILES string of the molecule is CC(C)(C)OC(=O)NCCNC(=O)[C@H](CC(=O)NC1(C(F)(F)F)CC1)NC(=O)CCc1ccc(F)cc1. The lowest BCUT2D eigenvalue weighted by Gasteiger charge is -2.23. The molecule has 0 saturated heterocycles. The summed E-state index contributed by atoms with van der Waals surface area (Å²) in [6, 6.07) is 3.99. The van der Waals surface area contributed by atoms with Gasteiger partial charge >= 0.3 is 12.3 Å². The lowest BCUT2D eigenvalue weighted by Crippen LogP contribution is -2.53. The molecule has 2 rings (SSSR count). The van der Waals surface area contributed by atoms with E-state index in [0.717, 1.165) is 0 Å². The van der Waals surface area contributed by atoms with Crippen molar-refractivity contribution in [3.05, 3.63) is 35.6 Å². The number of ether oxygens (including phenoxy) is 1. The molecule has 0 aliphatic heterocycles. The van der Waals surface area contributed by atoms with E-state index < -0.39 is 59.4 Å². The highest BCUT2D eigenvalue weighted by Crippen LogP contribution is 2.48. The van der Waals surface area contributed by atoms with E-state index in [1.807, 2.05) is 5.32 Å². The molecule has 4 N–H and O–H groups in total. The zero-order valence-corrected chi connectivity index (χ0v) is 20.9. The largest absolute Gasteiger partial charge is 0.444 e. The maximum Gasteiger partial charge on any atom is 0.411 e. The lowest BCUT2D eigenvalue weighted by atomic mass is 10.1. The Kier molecular flexibility index (Phi) is 9.87. The lowest BCUT2D eigenvalue weighted by molar-refractivity contribution is -0.170. The van der Waals surface area contributed by atoms with Gasteiger partial charge in [-0.2, -0.15) is 13.2 Å². The molecule has 0 aromatic heterocycles. The molecular weight excluding hydrogens is 500 g/mol. The molecule has 0 unspecified atom stereocenters. The number of carbonyl (C=O) groups is 4. The molecule has 37 heavy (non-hydrogen) atoms. The third-order valence-corrected chi connectivity index (χ3v) is 5.36. The smallest absolute Gasteiger partial charge is 0.411 e. The molecule has 0 radical (unpaired) electrons. The summed E-state index contributed by atoms with van der Waals surface area (Å²) in [4.78, 5) is 49.1. The summed E-state index contributed by atoms with van der Waals surface area (Å²) in [5, 5.41) is 9.16. The maximum atomic E-state index is 13.2. The number of carbonyl (C=O) groups excluding carboxylic acids is 4. The predicted molar refractivity (Wildman–Crippen MR) is 125 cm³/mol. The van der Waals surface area contributed by atoms with E-state index in [0.29, 0.717) is 5.56 Å². The number of aryl methyl sites for hydroxylation is 1.